The maximum atomic E-state index is 9.27. The average Bonchev–Trinajstić information content (AvgIpc) is 3.09. The predicted octanol–water partition coefficient (Wildman–Crippen LogP) is 3.94. The summed E-state index contributed by atoms with van der Waals surface area (Å²) in [5.41, 5.74) is 3.68. The molecule has 2 heterocycles. The van der Waals surface area contributed by atoms with Gasteiger partial charge in [0.15, 0.2) is 0 Å². The number of pyridine rings is 1. The molecular weight excluding hydrogens is 308 g/mol. The van der Waals surface area contributed by atoms with Gasteiger partial charge in [-0.05, 0) is 23.8 Å². The molecule has 4 aromatic rings. The van der Waals surface area contributed by atoms with E-state index in [1.807, 2.05) is 54.7 Å². The first-order valence-electron chi connectivity index (χ1n) is 8.16. The van der Waals surface area contributed by atoms with Crippen molar-refractivity contribution in [3.05, 3.63) is 95.7 Å². The van der Waals surface area contributed by atoms with Crippen LogP contribution < -0.4 is 0 Å². The van der Waals surface area contributed by atoms with Crippen molar-refractivity contribution in [3.63, 3.8) is 0 Å². The minimum Gasteiger partial charge on any atom is -0.330 e. The zero-order chi connectivity index (χ0) is 17.1. The summed E-state index contributed by atoms with van der Waals surface area (Å²) in [7, 11) is 0. The van der Waals surface area contributed by atoms with E-state index in [0.29, 0.717) is 18.5 Å². The highest BCUT2D eigenvalue weighted by molar-refractivity contribution is 5.78. The SMILES string of the molecule is N#Cc1ccccc1Cn1ccnc1Cc1ccc2ccccc2n1. The normalized spacial score (nSPS) is 10.7. The summed E-state index contributed by atoms with van der Waals surface area (Å²) in [6, 6.07) is 22.2. The van der Waals surface area contributed by atoms with E-state index in [1.165, 1.54) is 0 Å². The van der Waals surface area contributed by atoms with Gasteiger partial charge >= 0.3 is 0 Å². The standard InChI is InChI=1S/C21H16N4/c22-14-17-6-1-2-7-18(17)15-25-12-11-23-21(25)13-19-10-9-16-5-3-4-8-20(16)24-19/h1-12H,13,15H2. The number of para-hydroxylation sites is 1. The Morgan fingerprint density at radius 2 is 1.80 bits per heavy atom. The lowest BCUT2D eigenvalue weighted by Gasteiger charge is -2.09. The molecule has 4 nitrogen and oxygen atoms in total. The summed E-state index contributed by atoms with van der Waals surface area (Å²) in [5.74, 6) is 0.940. The highest BCUT2D eigenvalue weighted by atomic mass is 15.1. The van der Waals surface area contributed by atoms with Gasteiger partial charge in [-0.3, -0.25) is 4.98 Å². The van der Waals surface area contributed by atoms with Gasteiger partial charge in [-0.2, -0.15) is 5.26 Å². The fraction of sp³-hybridized carbons (Fsp3) is 0.0952. The number of benzene rings is 2. The van der Waals surface area contributed by atoms with Gasteiger partial charge in [-0.15, -0.1) is 0 Å². The van der Waals surface area contributed by atoms with Gasteiger partial charge in [0.25, 0.3) is 0 Å². The Morgan fingerprint density at radius 1 is 0.960 bits per heavy atom. The molecule has 0 radical (unpaired) electrons. The summed E-state index contributed by atoms with van der Waals surface area (Å²) in [6.07, 6.45) is 4.41. The van der Waals surface area contributed by atoms with E-state index < -0.39 is 0 Å². The van der Waals surface area contributed by atoms with Gasteiger partial charge in [0.05, 0.1) is 23.7 Å². The van der Waals surface area contributed by atoms with Crippen molar-refractivity contribution >= 4 is 10.9 Å². The number of aromatic nitrogens is 3. The maximum absolute atomic E-state index is 9.27. The molecule has 0 N–H and O–H groups in total. The number of fused-ring (bicyclic) bond motifs is 1. The molecule has 4 rings (SSSR count). The van der Waals surface area contributed by atoms with Gasteiger partial charge < -0.3 is 4.57 Å². The second-order valence-corrected chi connectivity index (χ2v) is 5.91. The number of hydrogen-bond acceptors (Lipinski definition) is 3. The number of rotatable bonds is 4. The first-order valence-corrected chi connectivity index (χ1v) is 8.16. The van der Waals surface area contributed by atoms with Crippen LogP contribution >= 0.6 is 0 Å². The highest BCUT2D eigenvalue weighted by Gasteiger charge is 2.08. The van der Waals surface area contributed by atoms with Gasteiger partial charge in [0.2, 0.25) is 0 Å². The Balaban J connectivity index is 1.62. The average molecular weight is 324 g/mol. The van der Waals surface area contributed by atoms with Crippen molar-refractivity contribution < 1.29 is 0 Å². The summed E-state index contributed by atoms with van der Waals surface area (Å²) in [5, 5.41) is 10.4. The number of nitriles is 1. The maximum Gasteiger partial charge on any atom is 0.114 e. The predicted molar refractivity (Wildman–Crippen MR) is 97.0 cm³/mol. The first kappa shape index (κ1) is 15.1. The van der Waals surface area contributed by atoms with Crippen LogP contribution in [0.4, 0.5) is 0 Å². The van der Waals surface area contributed by atoms with Crippen LogP contribution in [0.25, 0.3) is 10.9 Å². The van der Waals surface area contributed by atoms with Crippen molar-refractivity contribution in [2.45, 2.75) is 13.0 Å². The molecule has 2 aromatic heterocycles. The van der Waals surface area contributed by atoms with Crippen LogP contribution in [0.1, 0.15) is 22.6 Å². The van der Waals surface area contributed by atoms with E-state index in [-0.39, 0.29) is 0 Å². The highest BCUT2D eigenvalue weighted by Crippen LogP contribution is 2.16. The van der Waals surface area contributed by atoms with Crippen molar-refractivity contribution in [2.75, 3.05) is 0 Å². The van der Waals surface area contributed by atoms with E-state index in [9.17, 15) is 5.26 Å². The van der Waals surface area contributed by atoms with Crippen molar-refractivity contribution in [2.24, 2.45) is 0 Å². The van der Waals surface area contributed by atoms with Crippen LogP contribution in [-0.4, -0.2) is 14.5 Å². The van der Waals surface area contributed by atoms with E-state index in [0.717, 1.165) is 28.0 Å². The summed E-state index contributed by atoms with van der Waals surface area (Å²) >= 11 is 0. The van der Waals surface area contributed by atoms with Gasteiger partial charge in [0.1, 0.15) is 5.82 Å². The van der Waals surface area contributed by atoms with Crippen LogP contribution in [0.15, 0.2) is 73.1 Å². The van der Waals surface area contributed by atoms with Gasteiger partial charge in [0, 0.05) is 29.9 Å². The number of nitrogens with zero attached hydrogens (tertiary/aromatic N) is 4. The molecule has 0 bridgehead atoms. The Morgan fingerprint density at radius 3 is 2.72 bits per heavy atom. The van der Waals surface area contributed by atoms with Crippen LogP contribution in [0, 0.1) is 11.3 Å². The second kappa shape index (κ2) is 6.58. The molecule has 0 saturated carbocycles. The van der Waals surface area contributed by atoms with Gasteiger partial charge in [-0.1, -0.05) is 42.5 Å². The molecule has 0 unspecified atom stereocenters. The fourth-order valence-corrected chi connectivity index (χ4v) is 2.97. The largest absolute Gasteiger partial charge is 0.330 e. The van der Waals surface area contributed by atoms with E-state index in [2.05, 4.69) is 27.8 Å². The minimum absolute atomic E-state index is 0.632. The molecule has 2 aromatic carbocycles. The van der Waals surface area contributed by atoms with E-state index in [4.69, 9.17) is 4.98 Å². The lowest BCUT2D eigenvalue weighted by molar-refractivity contribution is 0.735. The quantitative estimate of drug-likeness (QED) is 0.571. The van der Waals surface area contributed by atoms with Crippen molar-refractivity contribution in [1.82, 2.24) is 14.5 Å². The molecule has 0 saturated heterocycles. The topological polar surface area (TPSA) is 54.5 Å². The van der Waals surface area contributed by atoms with Crippen LogP contribution in [0.5, 0.6) is 0 Å². The number of imidazole rings is 1. The molecule has 0 atom stereocenters. The third kappa shape index (κ3) is 3.13. The second-order valence-electron chi connectivity index (χ2n) is 5.91. The molecule has 0 fully saturated rings. The third-order valence-corrected chi connectivity index (χ3v) is 4.28. The van der Waals surface area contributed by atoms with Crippen LogP contribution in [0.2, 0.25) is 0 Å². The fourth-order valence-electron chi connectivity index (χ4n) is 2.97. The van der Waals surface area contributed by atoms with Crippen LogP contribution in [0.3, 0.4) is 0 Å². The molecule has 120 valence electrons. The summed E-state index contributed by atoms with van der Waals surface area (Å²) in [6.45, 7) is 0.632. The third-order valence-electron chi connectivity index (χ3n) is 4.28. The summed E-state index contributed by atoms with van der Waals surface area (Å²) in [4.78, 5) is 9.21. The van der Waals surface area contributed by atoms with Crippen LogP contribution in [-0.2, 0) is 13.0 Å². The van der Waals surface area contributed by atoms with E-state index in [1.54, 1.807) is 6.20 Å². The van der Waals surface area contributed by atoms with Crippen molar-refractivity contribution in [3.8, 4) is 6.07 Å². The monoisotopic (exact) mass is 324 g/mol. The Bertz CT molecular complexity index is 1070. The van der Waals surface area contributed by atoms with Gasteiger partial charge in [-0.25, -0.2) is 4.98 Å². The molecule has 0 spiro atoms. The van der Waals surface area contributed by atoms with E-state index >= 15 is 0 Å². The Kier molecular flexibility index (Phi) is 3.97. The lowest BCUT2D eigenvalue weighted by Crippen LogP contribution is -2.07. The zero-order valence-electron chi connectivity index (χ0n) is 13.6. The molecule has 0 aliphatic carbocycles. The summed E-state index contributed by atoms with van der Waals surface area (Å²) < 4.78 is 2.08. The smallest absolute Gasteiger partial charge is 0.114 e. The minimum atomic E-state index is 0.632. The van der Waals surface area contributed by atoms with Crippen molar-refractivity contribution in [1.29, 1.82) is 5.26 Å². The molecule has 25 heavy (non-hydrogen) atoms. The Hall–Kier alpha value is -3.45. The molecule has 4 heteroatoms. The zero-order valence-corrected chi connectivity index (χ0v) is 13.6. The lowest BCUT2D eigenvalue weighted by atomic mass is 10.1. The molecule has 0 amide bonds. The molecule has 0 aliphatic rings. The first-order chi connectivity index (χ1) is 12.3. The number of hydrogen-bond donors (Lipinski definition) is 0. The Labute approximate surface area is 146 Å². The molecular formula is C21H16N4. The molecule has 0 aliphatic heterocycles.